The number of benzene rings is 2. The number of likely N-dealkylation sites (N-methyl/N-ethyl adjacent to an activating group) is 1. The molecule has 0 radical (unpaired) electrons. The summed E-state index contributed by atoms with van der Waals surface area (Å²) in [4.78, 5) is 2.30. The van der Waals surface area contributed by atoms with Crippen molar-refractivity contribution >= 4 is 0 Å². The van der Waals surface area contributed by atoms with Gasteiger partial charge in [0, 0.05) is 6.42 Å². The molecule has 4 nitrogen and oxygen atoms in total. The number of ether oxygens (including phenoxy) is 2. The van der Waals surface area contributed by atoms with Gasteiger partial charge in [-0.1, -0.05) is 106 Å². The molecule has 0 aromatic heterocycles. The van der Waals surface area contributed by atoms with E-state index in [0.29, 0.717) is 19.6 Å². The average molecular weight is 454 g/mol. The van der Waals surface area contributed by atoms with Crippen LogP contribution in [0.2, 0.25) is 0 Å². The number of aliphatic hydroxyl groups excluding tert-OH is 1. The van der Waals surface area contributed by atoms with Gasteiger partial charge in [0.25, 0.3) is 0 Å². The van der Waals surface area contributed by atoms with Crippen LogP contribution < -0.4 is 0 Å². The molecule has 4 heteroatoms. The van der Waals surface area contributed by atoms with Crippen molar-refractivity contribution in [1.29, 1.82) is 0 Å². The van der Waals surface area contributed by atoms with Gasteiger partial charge in [0.2, 0.25) is 0 Å². The summed E-state index contributed by atoms with van der Waals surface area (Å²) in [7, 11) is 2.13. The molecule has 0 heterocycles. The summed E-state index contributed by atoms with van der Waals surface area (Å²) < 4.78 is 12.6. The molecule has 1 aliphatic carbocycles. The van der Waals surface area contributed by atoms with Gasteiger partial charge < -0.3 is 14.6 Å². The summed E-state index contributed by atoms with van der Waals surface area (Å²) in [5, 5.41) is 11.2. The predicted octanol–water partition coefficient (Wildman–Crippen LogP) is 5.97. The van der Waals surface area contributed by atoms with E-state index < -0.39 is 6.10 Å². The molecule has 0 spiro atoms. The van der Waals surface area contributed by atoms with E-state index in [0.717, 1.165) is 24.1 Å². The third-order valence-corrected chi connectivity index (χ3v) is 6.81. The number of rotatable bonds is 15. The van der Waals surface area contributed by atoms with E-state index in [2.05, 4.69) is 43.1 Å². The van der Waals surface area contributed by atoms with Crippen molar-refractivity contribution in [2.24, 2.45) is 0 Å². The number of aliphatic hydroxyl groups is 1. The average Bonchev–Trinajstić information content (AvgIpc) is 3.17. The van der Waals surface area contributed by atoms with Gasteiger partial charge in [-0.25, -0.2) is 0 Å². The standard InChI is InChI=1S/C29H43NO3/c1-3-4-5-6-7-8-15-20-30(2)28-26(32-22-24-16-11-9-12-17-24)21-27(29(28)31)33-23-25-18-13-10-14-19-25/h9-14,16-19,26-29,31H,3-8,15,20-23H2,1-2H3/t26-,27+,28+,29+/m1/s1. The van der Waals surface area contributed by atoms with Gasteiger partial charge in [0.1, 0.15) is 0 Å². The third kappa shape index (κ3) is 8.53. The first-order valence-corrected chi connectivity index (χ1v) is 12.9. The zero-order chi connectivity index (χ0) is 23.3. The van der Waals surface area contributed by atoms with E-state index in [9.17, 15) is 5.11 Å². The summed E-state index contributed by atoms with van der Waals surface area (Å²) >= 11 is 0. The summed E-state index contributed by atoms with van der Waals surface area (Å²) in [6.07, 6.45) is 8.94. The minimum absolute atomic E-state index is 0.0458. The molecular formula is C29H43NO3. The number of nitrogens with zero attached hydrogens (tertiary/aromatic N) is 1. The highest BCUT2D eigenvalue weighted by Gasteiger charge is 2.45. The van der Waals surface area contributed by atoms with Crippen molar-refractivity contribution in [2.45, 2.75) is 95.9 Å². The Bertz CT molecular complexity index is 754. The molecule has 1 aliphatic rings. The fourth-order valence-corrected chi connectivity index (χ4v) is 4.85. The smallest absolute Gasteiger partial charge is 0.0982 e. The highest BCUT2D eigenvalue weighted by atomic mass is 16.5. The minimum atomic E-state index is -0.552. The largest absolute Gasteiger partial charge is 0.389 e. The van der Waals surface area contributed by atoms with Crippen LogP contribution in [0.4, 0.5) is 0 Å². The topological polar surface area (TPSA) is 41.9 Å². The van der Waals surface area contributed by atoms with Crippen LogP contribution in [-0.4, -0.2) is 48.0 Å². The number of hydrogen-bond donors (Lipinski definition) is 1. The van der Waals surface area contributed by atoms with Crippen LogP contribution in [0.15, 0.2) is 60.7 Å². The zero-order valence-electron chi connectivity index (χ0n) is 20.6. The highest BCUT2D eigenvalue weighted by molar-refractivity contribution is 5.14. The normalized spacial score (nSPS) is 22.8. The highest BCUT2D eigenvalue weighted by Crippen LogP contribution is 2.31. The Kier molecular flexibility index (Phi) is 11.4. The van der Waals surface area contributed by atoms with E-state index in [1.807, 2.05) is 36.4 Å². The number of hydrogen-bond acceptors (Lipinski definition) is 4. The Hall–Kier alpha value is -1.72. The van der Waals surface area contributed by atoms with Gasteiger partial charge in [-0.05, 0) is 31.1 Å². The summed E-state index contributed by atoms with van der Waals surface area (Å²) in [6, 6.07) is 20.4. The fraction of sp³-hybridized carbons (Fsp3) is 0.586. The second kappa shape index (κ2) is 14.5. The number of unbranched alkanes of at least 4 members (excludes halogenated alkanes) is 6. The molecule has 1 N–H and O–H groups in total. The Labute approximate surface area is 200 Å². The van der Waals surface area contributed by atoms with Crippen LogP contribution in [0.3, 0.4) is 0 Å². The Morgan fingerprint density at radius 3 is 1.85 bits per heavy atom. The van der Waals surface area contributed by atoms with Gasteiger partial charge in [-0.15, -0.1) is 0 Å². The third-order valence-electron chi connectivity index (χ3n) is 6.81. The quantitative estimate of drug-likeness (QED) is 0.337. The maximum atomic E-state index is 11.2. The monoisotopic (exact) mass is 453 g/mol. The summed E-state index contributed by atoms with van der Waals surface area (Å²) in [5.41, 5.74) is 2.29. The summed E-state index contributed by atoms with van der Waals surface area (Å²) in [6.45, 7) is 4.31. The van der Waals surface area contributed by atoms with E-state index in [1.165, 1.54) is 38.5 Å². The maximum Gasteiger partial charge on any atom is 0.0982 e. The van der Waals surface area contributed by atoms with Gasteiger partial charge in [0.05, 0.1) is 37.6 Å². The first kappa shape index (κ1) is 25.9. The summed E-state index contributed by atoms with van der Waals surface area (Å²) in [5.74, 6) is 0. The Morgan fingerprint density at radius 1 is 0.758 bits per heavy atom. The molecule has 2 aromatic carbocycles. The molecule has 33 heavy (non-hydrogen) atoms. The molecular weight excluding hydrogens is 410 g/mol. The van der Waals surface area contributed by atoms with Gasteiger partial charge in [-0.2, -0.15) is 0 Å². The lowest BCUT2D eigenvalue weighted by molar-refractivity contribution is -0.0532. The molecule has 1 fully saturated rings. The molecule has 182 valence electrons. The SMILES string of the molecule is CCCCCCCCCN(C)[C@@H]1[C@@H](O)[C@@H](OCc2ccccc2)C[C@H]1OCc1ccccc1. The van der Waals surface area contributed by atoms with E-state index in [1.54, 1.807) is 0 Å². The second-order valence-corrected chi connectivity index (χ2v) is 9.49. The van der Waals surface area contributed by atoms with Crippen LogP contribution in [0, 0.1) is 0 Å². The van der Waals surface area contributed by atoms with Crippen LogP contribution in [0.25, 0.3) is 0 Å². The molecule has 0 unspecified atom stereocenters. The van der Waals surface area contributed by atoms with Crippen LogP contribution in [0.5, 0.6) is 0 Å². The molecule has 0 bridgehead atoms. The molecule has 0 aliphatic heterocycles. The van der Waals surface area contributed by atoms with Gasteiger partial charge in [-0.3, -0.25) is 4.90 Å². The predicted molar refractivity (Wildman–Crippen MR) is 135 cm³/mol. The van der Waals surface area contributed by atoms with E-state index in [-0.39, 0.29) is 18.2 Å². The molecule has 0 saturated heterocycles. The zero-order valence-corrected chi connectivity index (χ0v) is 20.6. The fourth-order valence-electron chi connectivity index (χ4n) is 4.85. The lowest BCUT2D eigenvalue weighted by atomic mass is 10.1. The van der Waals surface area contributed by atoms with Crippen molar-refractivity contribution in [3.63, 3.8) is 0 Å². The van der Waals surface area contributed by atoms with Crippen molar-refractivity contribution in [3.8, 4) is 0 Å². The first-order chi connectivity index (χ1) is 16.2. The van der Waals surface area contributed by atoms with Crippen molar-refractivity contribution in [1.82, 2.24) is 4.90 Å². The first-order valence-electron chi connectivity index (χ1n) is 12.9. The van der Waals surface area contributed by atoms with Crippen LogP contribution in [-0.2, 0) is 22.7 Å². The van der Waals surface area contributed by atoms with Crippen molar-refractivity contribution < 1.29 is 14.6 Å². The van der Waals surface area contributed by atoms with Crippen molar-refractivity contribution in [2.75, 3.05) is 13.6 Å². The second-order valence-electron chi connectivity index (χ2n) is 9.49. The van der Waals surface area contributed by atoms with Crippen molar-refractivity contribution in [3.05, 3.63) is 71.8 Å². The molecule has 4 atom stereocenters. The molecule has 2 aromatic rings. The van der Waals surface area contributed by atoms with Gasteiger partial charge in [0.15, 0.2) is 0 Å². The van der Waals surface area contributed by atoms with E-state index in [4.69, 9.17) is 9.47 Å². The Morgan fingerprint density at radius 2 is 1.27 bits per heavy atom. The lowest BCUT2D eigenvalue weighted by Gasteiger charge is -2.32. The van der Waals surface area contributed by atoms with Crippen LogP contribution >= 0.6 is 0 Å². The van der Waals surface area contributed by atoms with Crippen LogP contribution in [0.1, 0.15) is 69.4 Å². The minimum Gasteiger partial charge on any atom is -0.389 e. The van der Waals surface area contributed by atoms with Gasteiger partial charge >= 0.3 is 0 Å². The Balaban J connectivity index is 1.54. The lowest BCUT2D eigenvalue weighted by Crippen LogP contribution is -2.47. The maximum absolute atomic E-state index is 11.2. The molecule has 0 amide bonds. The molecule has 3 rings (SSSR count). The molecule has 1 saturated carbocycles. The van der Waals surface area contributed by atoms with E-state index >= 15 is 0 Å².